The van der Waals surface area contributed by atoms with Crippen molar-refractivity contribution in [2.45, 2.75) is 19.5 Å². The third-order valence-electron chi connectivity index (χ3n) is 6.51. The first-order valence-electron chi connectivity index (χ1n) is 11.8. The summed E-state index contributed by atoms with van der Waals surface area (Å²) in [4.78, 5) is 4.96. The molecule has 0 spiro atoms. The molecule has 5 rings (SSSR count). The molecule has 0 saturated carbocycles. The van der Waals surface area contributed by atoms with Crippen LogP contribution in [0.3, 0.4) is 0 Å². The summed E-state index contributed by atoms with van der Waals surface area (Å²) in [5, 5.41) is 10.3. The molecule has 172 valence electrons. The molecule has 0 bridgehead atoms. The monoisotopic (exact) mass is 451 g/mol. The molecule has 0 atom stereocenters. The van der Waals surface area contributed by atoms with Crippen molar-refractivity contribution in [1.82, 2.24) is 9.80 Å². The van der Waals surface area contributed by atoms with Gasteiger partial charge in [0.25, 0.3) is 0 Å². The van der Waals surface area contributed by atoms with Crippen LogP contribution in [0.4, 0.5) is 0 Å². The largest absolute Gasteiger partial charge is 0.496 e. The number of benzene rings is 3. The van der Waals surface area contributed by atoms with E-state index in [4.69, 9.17) is 14.4 Å². The summed E-state index contributed by atoms with van der Waals surface area (Å²) in [7, 11) is 1.71. The maximum atomic E-state index is 9.15. The lowest BCUT2D eigenvalue weighted by molar-refractivity contribution is 0.236. The van der Waals surface area contributed by atoms with Gasteiger partial charge in [0.2, 0.25) is 0 Å². The van der Waals surface area contributed by atoms with E-state index in [0.29, 0.717) is 0 Å². The standard InChI is InChI=1S/C29H29N3O2/c1-33-29-9-3-2-8-27(29)24-10-11-28-25(17-24)18-26(34-28)21-32-13-5-12-31(14-15-32)20-23-7-4-6-22(16-23)19-30/h2-4,6-11,16-18H,5,12-15,20-21H2,1H3. The SMILES string of the molecule is COc1ccccc1-c1ccc2oc(CN3CCCN(Cc4cccc(C#N)c4)CC3)cc2c1. The van der Waals surface area contributed by atoms with E-state index in [9.17, 15) is 0 Å². The van der Waals surface area contributed by atoms with Crippen molar-refractivity contribution in [3.05, 3.63) is 89.7 Å². The molecule has 0 aliphatic carbocycles. The zero-order valence-electron chi connectivity index (χ0n) is 19.5. The topological polar surface area (TPSA) is 52.6 Å². The van der Waals surface area contributed by atoms with Crippen molar-refractivity contribution < 1.29 is 9.15 Å². The highest BCUT2D eigenvalue weighted by Crippen LogP contribution is 2.32. The van der Waals surface area contributed by atoms with E-state index in [2.05, 4.69) is 52.3 Å². The summed E-state index contributed by atoms with van der Waals surface area (Å²) in [6, 6.07) is 26.8. The summed E-state index contributed by atoms with van der Waals surface area (Å²) >= 11 is 0. The van der Waals surface area contributed by atoms with Crippen molar-refractivity contribution in [2.24, 2.45) is 0 Å². The van der Waals surface area contributed by atoms with Gasteiger partial charge in [-0.1, -0.05) is 36.4 Å². The van der Waals surface area contributed by atoms with Gasteiger partial charge in [-0.3, -0.25) is 9.80 Å². The van der Waals surface area contributed by atoms with Crippen molar-refractivity contribution >= 4 is 11.0 Å². The van der Waals surface area contributed by atoms with Crippen LogP contribution < -0.4 is 4.74 Å². The van der Waals surface area contributed by atoms with E-state index in [-0.39, 0.29) is 0 Å². The normalized spacial score (nSPS) is 15.2. The van der Waals surface area contributed by atoms with Crippen LogP contribution in [0.5, 0.6) is 5.75 Å². The van der Waals surface area contributed by atoms with Gasteiger partial charge < -0.3 is 9.15 Å². The first-order chi connectivity index (χ1) is 16.7. The van der Waals surface area contributed by atoms with Crippen LogP contribution in [-0.2, 0) is 13.1 Å². The van der Waals surface area contributed by atoms with Gasteiger partial charge in [-0.15, -0.1) is 0 Å². The lowest BCUT2D eigenvalue weighted by Gasteiger charge is -2.21. The zero-order valence-corrected chi connectivity index (χ0v) is 19.5. The van der Waals surface area contributed by atoms with Crippen LogP contribution in [0.25, 0.3) is 22.1 Å². The third kappa shape index (κ3) is 4.99. The molecule has 1 aliphatic heterocycles. The minimum atomic E-state index is 0.729. The molecule has 5 heteroatoms. The lowest BCUT2D eigenvalue weighted by Crippen LogP contribution is -2.30. The van der Waals surface area contributed by atoms with Gasteiger partial charge in [-0.2, -0.15) is 5.26 Å². The molecule has 0 amide bonds. The third-order valence-corrected chi connectivity index (χ3v) is 6.51. The fraction of sp³-hybridized carbons (Fsp3) is 0.276. The fourth-order valence-corrected chi connectivity index (χ4v) is 4.79. The highest BCUT2D eigenvalue weighted by molar-refractivity contribution is 5.85. The Morgan fingerprint density at radius 1 is 0.882 bits per heavy atom. The number of fused-ring (bicyclic) bond motifs is 1. The van der Waals surface area contributed by atoms with Gasteiger partial charge >= 0.3 is 0 Å². The lowest BCUT2D eigenvalue weighted by atomic mass is 10.0. The smallest absolute Gasteiger partial charge is 0.134 e. The van der Waals surface area contributed by atoms with Gasteiger partial charge in [-0.25, -0.2) is 0 Å². The van der Waals surface area contributed by atoms with Gasteiger partial charge in [0, 0.05) is 30.6 Å². The maximum Gasteiger partial charge on any atom is 0.134 e. The van der Waals surface area contributed by atoms with Crippen LogP contribution in [0.2, 0.25) is 0 Å². The zero-order chi connectivity index (χ0) is 23.3. The summed E-state index contributed by atoms with van der Waals surface area (Å²) in [5.74, 6) is 1.88. The number of nitrogens with zero attached hydrogens (tertiary/aromatic N) is 3. The summed E-state index contributed by atoms with van der Waals surface area (Å²) in [6.45, 7) is 5.83. The second kappa shape index (κ2) is 10.1. The number of methoxy groups -OCH3 is 1. The molecule has 0 radical (unpaired) electrons. The number of hydrogen-bond acceptors (Lipinski definition) is 5. The first kappa shape index (κ1) is 22.2. The van der Waals surface area contributed by atoms with E-state index >= 15 is 0 Å². The molecule has 1 saturated heterocycles. The van der Waals surface area contributed by atoms with Gasteiger partial charge in [0.05, 0.1) is 25.3 Å². The van der Waals surface area contributed by atoms with Crippen LogP contribution in [0.1, 0.15) is 23.3 Å². The predicted octanol–water partition coefficient (Wildman–Crippen LogP) is 5.69. The van der Waals surface area contributed by atoms with Crippen molar-refractivity contribution in [3.63, 3.8) is 0 Å². The number of nitriles is 1. The van der Waals surface area contributed by atoms with E-state index in [0.717, 1.165) is 84.9 Å². The summed E-state index contributed by atoms with van der Waals surface area (Å²) < 4.78 is 11.7. The Bertz CT molecular complexity index is 1320. The molecule has 1 aliphatic rings. The van der Waals surface area contributed by atoms with E-state index in [1.165, 1.54) is 5.56 Å². The van der Waals surface area contributed by atoms with Gasteiger partial charge in [0.15, 0.2) is 0 Å². The Morgan fingerprint density at radius 2 is 1.71 bits per heavy atom. The van der Waals surface area contributed by atoms with E-state index in [1.807, 2.05) is 36.4 Å². The molecule has 1 aromatic heterocycles. The summed E-state index contributed by atoms with van der Waals surface area (Å²) in [5.41, 5.74) is 5.07. The Labute approximate surface area is 200 Å². The molecular weight excluding hydrogens is 422 g/mol. The van der Waals surface area contributed by atoms with Crippen LogP contribution in [0, 0.1) is 11.3 Å². The minimum Gasteiger partial charge on any atom is -0.496 e. The summed E-state index contributed by atoms with van der Waals surface area (Å²) in [6.07, 6.45) is 1.12. The molecule has 3 aromatic carbocycles. The second-order valence-corrected chi connectivity index (χ2v) is 8.88. The number of hydrogen-bond donors (Lipinski definition) is 0. The Hall–Kier alpha value is -3.59. The Balaban J connectivity index is 1.25. The molecular formula is C29H29N3O2. The highest BCUT2D eigenvalue weighted by Gasteiger charge is 2.17. The minimum absolute atomic E-state index is 0.729. The number of ether oxygens (including phenoxy) is 1. The maximum absolute atomic E-state index is 9.15. The van der Waals surface area contributed by atoms with Crippen molar-refractivity contribution in [3.8, 4) is 22.9 Å². The van der Waals surface area contributed by atoms with E-state index in [1.54, 1.807) is 7.11 Å². The second-order valence-electron chi connectivity index (χ2n) is 8.88. The van der Waals surface area contributed by atoms with Crippen molar-refractivity contribution in [2.75, 3.05) is 33.3 Å². The fourth-order valence-electron chi connectivity index (χ4n) is 4.79. The number of furan rings is 1. The first-order valence-corrected chi connectivity index (χ1v) is 11.8. The Morgan fingerprint density at radius 3 is 2.53 bits per heavy atom. The average Bonchev–Trinajstić information content (AvgIpc) is 3.15. The predicted molar refractivity (Wildman–Crippen MR) is 135 cm³/mol. The molecule has 34 heavy (non-hydrogen) atoms. The molecule has 0 N–H and O–H groups in total. The highest BCUT2D eigenvalue weighted by atomic mass is 16.5. The van der Waals surface area contributed by atoms with Gasteiger partial charge in [0.1, 0.15) is 17.1 Å². The molecule has 1 fully saturated rings. The Kier molecular flexibility index (Phi) is 6.62. The van der Waals surface area contributed by atoms with Crippen LogP contribution in [-0.4, -0.2) is 43.1 Å². The van der Waals surface area contributed by atoms with Gasteiger partial charge in [-0.05, 0) is 67.0 Å². The number of para-hydroxylation sites is 1. The molecule has 5 nitrogen and oxygen atoms in total. The van der Waals surface area contributed by atoms with Crippen molar-refractivity contribution in [1.29, 1.82) is 5.26 Å². The quantitative estimate of drug-likeness (QED) is 0.377. The van der Waals surface area contributed by atoms with Crippen LogP contribution >= 0.6 is 0 Å². The average molecular weight is 452 g/mol. The van der Waals surface area contributed by atoms with E-state index < -0.39 is 0 Å². The number of rotatable bonds is 6. The molecule has 4 aromatic rings. The molecule has 0 unspecified atom stereocenters. The molecule has 2 heterocycles. The van der Waals surface area contributed by atoms with Crippen LogP contribution in [0.15, 0.2) is 77.2 Å².